The van der Waals surface area contributed by atoms with Crippen LogP contribution in [0.5, 0.6) is 0 Å². The summed E-state index contributed by atoms with van der Waals surface area (Å²) in [4.78, 5) is 42.0. The van der Waals surface area contributed by atoms with Crippen molar-refractivity contribution in [3.63, 3.8) is 0 Å². The van der Waals surface area contributed by atoms with Crippen LogP contribution in [0.1, 0.15) is 20.8 Å². The molecule has 0 fully saturated rings. The van der Waals surface area contributed by atoms with E-state index in [4.69, 9.17) is 66.0 Å². The number of benzene rings is 1. The van der Waals surface area contributed by atoms with Crippen LogP contribution >= 0.6 is 61.6 Å². The highest BCUT2D eigenvalue weighted by atomic mass is 35.5. The Morgan fingerprint density at radius 1 is 0.521 bits per heavy atom. The molecule has 0 bridgehead atoms. The lowest BCUT2D eigenvalue weighted by molar-refractivity contribution is -0.692. The molecule has 16 heteroatoms. The van der Waals surface area contributed by atoms with Crippen LogP contribution in [-0.2, 0) is 22.2 Å². The Morgan fingerprint density at radius 2 is 0.812 bits per heavy atom. The van der Waals surface area contributed by atoms with Gasteiger partial charge in [-0.15, -0.1) is 46.4 Å². The number of alkyl halides is 4. The highest BCUT2D eigenvalue weighted by Crippen LogP contribution is 2.35. The average molecular weight is 774 g/mol. The molecule has 4 N–H and O–H groups in total. The minimum Gasteiger partial charge on any atom is -0.324 e. The molecule has 4 aromatic heterocycles. The van der Waals surface area contributed by atoms with Crippen molar-refractivity contribution in [2.75, 3.05) is 12.3 Å². The minimum atomic E-state index is -3.93. The number of hydrogen-bond donors (Lipinski definition) is 4. The van der Waals surface area contributed by atoms with Gasteiger partial charge in [-0.1, -0.05) is 24.3 Å². The van der Waals surface area contributed by atoms with E-state index in [9.17, 15) is 9.13 Å². The van der Waals surface area contributed by atoms with Gasteiger partial charge in [-0.2, -0.15) is 0 Å². The van der Waals surface area contributed by atoms with Gasteiger partial charge in [-0.3, -0.25) is 19.1 Å². The number of hydrogen-bond acceptors (Lipinski definition) is 4. The summed E-state index contributed by atoms with van der Waals surface area (Å²) in [5.41, 5.74) is 5.74. The van der Waals surface area contributed by atoms with Crippen LogP contribution in [0.3, 0.4) is 0 Å². The number of rotatable bonds is 10. The summed E-state index contributed by atoms with van der Waals surface area (Å²) in [6.07, 6.45) is 13.9. The van der Waals surface area contributed by atoms with Crippen LogP contribution in [0.2, 0.25) is 0 Å². The summed E-state index contributed by atoms with van der Waals surface area (Å²) in [5.74, 6) is 0. The van der Waals surface area contributed by atoms with Crippen LogP contribution in [0.4, 0.5) is 0 Å². The molecule has 10 nitrogen and oxygen atoms in total. The van der Waals surface area contributed by atoms with Gasteiger partial charge in [0, 0.05) is 49.1 Å². The second-order valence-electron chi connectivity index (χ2n) is 10.1. The number of aryl methyl sites for hydroxylation is 2. The quantitative estimate of drug-likeness (QED) is 0.0670. The Bertz CT molecular complexity index is 1650. The van der Waals surface area contributed by atoms with E-state index in [0.29, 0.717) is 13.1 Å². The first kappa shape index (κ1) is 39.7. The molecule has 48 heavy (non-hydrogen) atoms. The third-order valence-corrected chi connectivity index (χ3v) is 9.08. The summed E-state index contributed by atoms with van der Waals surface area (Å²) < 4.78 is 25.0. The lowest BCUT2D eigenvalue weighted by atomic mass is 10.1. The maximum Gasteiger partial charge on any atom is 0.331 e. The molecule has 0 amide bonds. The van der Waals surface area contributed by atoms with E-state index in [0.717, 1.165) is 33.4 Å². The Labute approximate surface area is 298 Å². The Balaban J connectivity index is 0.000000200. The molecule has 0 aliphatic heterocycles. The molecule has 1 aromatic carbocycles. The second-order valence-corrected chi connectivity index (χ2v) is 15.9. The van der Waals surface area contributed by atoms with Crippen LogP contribution < -0.4 is 9.13 Å². The van der Waals surface area contributed by atoms with Crippen LogP contribution in [0, 0.1) is 0 Å². The first-order chi connectivity index (χ1) is 22.7. The van der Waals surface area contributed by atoms with Crippen LogP contribution in [0.25, 0.3) is 22.3 Å². The van der Waals surface area contributed by atoms with Crippen molar-refractivity contribution < 1.29 is 37.8 Å². The monoisotopic (exact) mass is 772 g/mol. The standard InChI is InChI=1S/2C12H13N2O3P.C8H6Cl4/c2*15-18(16,17)10-9-14-7-3-12(4-8-14)11-1-5-13-6-2-11;9-7(10)5-3-1-2-4-6(5)8(11)12/h2*1-8H,9-10H2,(H-,15,16,17);1-4,7-8H/p+2. The fourth-order valence-electron chi connectivity index (χ4n) is 4.09. The van der Waals surface area contributed by atoms with Crippen molar-refractivity contribution in [1.29, 1.82) is 0 Å². The largest absolute Gasteiger partial charge is 0.331 e. The average Bonchev–Trinajstić information content (AvgIpc) is 3.07. The predicted octanol–water partition coefficient (Wildman–Crippen LogP) is 7.07. The van der Waals surface area contributed by atoms with Gasteiger partial charge in [0.2, 0.25) is 0 Å². The van der Waals surface area contributed by atoms with Gasteiger partial charge in [0.05, 0.1) is 0 Å². The normalized spacial score (nSPS) is 11.4. The Kier molecular flexibility index (Phi) is 16.1. The summed E-state index contributed by atoms with van der Waals surface area (Å²) in [6.45, 7) is 0.613. The SMILES string of the molecule is ClC(Cl)c1ccccc1C(Cl)Cl.O=P(O)(O)CC[n+]1ccc(-c2ccncc2)cc1.O=P(O)(O)CC[n+]1ccc(-c2ccncc2)cc1. The molecule has 0 radical (unpaired) electrons. The minimum absolute atomic E-state index is 0.147. The molecule has 4 heterocycles. The van der Waals surface area contributed by atoms with Crippen molar-refractivity contribution in [3.05, 3.63) is 133 Å². The highest BCUT2D eigenvalue weighted by Gasteiger charge is 2.17. The first-order valence-electron chi connectivity index (χ1n) is 14.2. The molecule has 5 rings (SSSR count). The van der Waals surface area contributed by atoms with Crippen LogP contribution in [-0.4, -0.2) is 41.9 Å². The smallest absolute Gasteiger partial charge is 0.324 e. The van der Waals surface area contributed by atoms with Crippen LogP contribution in [0.15, 0.2) is 122 Å². The third-order valence-electron chi connectivity index (χ3n) is 6.57. The van der Waals surface area contributed by atoms with Gasteiger partial charge in [-0.05, 0) is 57.6 Å². The van der Waals surface area contributed by atoms with E-state index >= 15 is 0 Å². The molecule has 0 atom stereocenters. The Hall–Kier alpha value is -2.72. The summed E-state index contributed by atoms with van der Waals surface area (Å²) in [6, 6.07) is 22.6. The molecule has 0 spiro atoms. The first-order valence-corrected chi connectivity index (χ1v) is 19.6. The van der Waals surface area contributed by atoms with E-state index in [-0.39, 0.29) is 12.3 Å². The van der Waals surface area contributed by atoms with Gasteiger partial charge < -0.3 is 19.6 Å². The van der Waals surface area contributed by atoms with Crippen molar-refractivity contribution in [2.45, 2.75) is 22.8 Å². The number of halogens is 4. The highest BCUT2D eigenvalue weighted by molar-refractivity contribution is 7.51. The summed E-state index contributed by atoms with van der Waals surface area (Å²) in [7, 11) is -7.86. The molecule has 0 saturated heterocycles. The Morgan fingerprint density at radius 3 is 1.08 bits per heavy atom. The van der Waals surface area contributed by atoms with E-state index in [1.54, 1.807) is 46.1 Å². The van der Waals surface area contributed by atoms with Gasteiger partial charge in [0.1, 0.15) is 22.0 Å². The van der Waals surface area contributed by atoms with Crippen molar-refractivity contribution in [1.82, 2.24) is 9.97 Å². The van der Waals surface area contributed by atoms with Gasteiger partial charge in [0.15, 0.2) is 37.9 Å². The van der Waals surface area contributed by atoms with Gasteiger partial charge >= 0.3 is 15.2 Å². The van der Waals surface area contributed by atoms with E-state index < -0.39 is 24.9 Å². The zero-order chi connectivity index (χ0) is 35.2. The van der Waals surface area contributed by atoms with E-state index in [1.165, 1.54) is 0 Å². The number of aromatic nitrogens is 4. The summed E-state index contributed by atoms with van der Waals surface area (Å²) in [5, 5.41) is 0. The van der Waals surface area contributed by atoms with E-state index in [2.05, 4.69) is 9.97 Å². The van der Waals surface area contributed by atoms with Crippen molar-refractivity contribution in [2.24, 2.45) is 0 Å². The molecule has 254 valence electrons. The topological polar surface area (TPSA) is 149 Å². The molecule has 0 aliphatic rings. The fraction of sp³-hybridized carbons (Fsp3) is 0.188. The molecular formula is C32H34Cl4N4O6P2+2. The fourth-order valence-corrected chi connectivity index (χ4v) is 5.86. The van der Waals surface area contributed by atoms with Gasteiger partial charge in [0.25, 0.3) is 0 Å². The van der Waals surface area contributed by atoms with Crippen molar-refractivity contribution >= 4 is 61.6 Å². The zero-order valence-electron chi connectivity index (χ0n) is 25.3. The zero-order valence-corrected chi connectivity index (χ0v) is 30.1. The molecule has 0 aliphatic carbocycles. The molecule has 0 unspecified atom stereocenters. The lowest BCUT2D eigenvalue weighted by Crippen LogP contribution is -2.34. The third kappa shape index (κ3) is 14.8. The van der Waals surface area contributed by atoms with Gasteiger partial charge in [-0.25, -0.2) is 9.13 Å². The molecular weight excluding hydrogens is 740 g/mol. The molecule has 0 saturated carbocycles. The van der Waals surface area contributed by atoms with Crippen molar-refractivity contribution in [3.8, 4) is 22.3 Å². The molecule has 5 aromatic rings. The van der Waals surface area contributed by atoms with E-state index in [1.807, 2.05) is 85.5 Å². The predicted molar refractivity (Wildman–Crippen MR) is 189 cm³/mol. The number of pyridine rings is 4. The lowest BCUT2D eigenvalue weighted by Gasteiger charge is -2.09. The second kappa shape index (κ2) is 19.5. The maximum atomic E-state index is 10.8. The summed E-state index contributed by atoms with van der Waals surface area (Å²) >= 11 is 22.8. The maximum absolute atomic E-state index is 10.8. The number of nitrogens with zero attached hydrogens (tertiary/aromatic N) is 4.